The molecule has 2 N–H and O–H groups in total. The van der Waals surface area contributed by atoms with E-state index in [2.05, 4.69) is 5.32 Å². The first-order valence-electron chi connectivity index (χ1n) is 6.90. The van der Waals surface area contributed by atoms with Crippen LogP contribution in [0, 0.1) is 0 Å². The van der Waals surface area contributed by atoms with Gasteiger partial charge in [0.25, 0.3) is 0 Å². The second kappa shape index (κ2) is 6.41. The topological polar surface area (TPSA) is 69.6 Å². The first-order chi connectivity index (χ1) is 9.56. The number of amides is 2. The molecule has 1 aliphatic heterocycles. The lowest BCUT2D eigenvalue weighted by Crippen LogP contribution is -2.41. The average Bonchev–Trinajstić information content (AvgIpc) is 2.82. The van der Waals surface area contributed by atoms with Crippen LogP contribution in [0.4, 0.5) is 4.79 Å². The van der Waals surface area contributed by atoms with Gasteiger partial charge < -0.3 is 15.3 Å². The molecule has 5 heteroatoms. The minimum atomic E-state index is -0.793. The highest BCUT2D eigenvalue weighted by molar-refractivity contribution is 5.75. The molecule has 0 aliphatic carbocycles. The highest BCUT2D eigenvalue weighted by atomic mass is 16.4. The third kappa shape index (κ3) is 3.73. The number of rotatable bonds is 5. The summed E-state index contributed by atoms with van der Waals surface area (Å²) < 4.78 is 0. The zero-order chi connectivity index (χ0) is 14.5. The Morgan fingerprint density at radius 3 is 2.45 bits per heavy atom. The van der Waals surface area contributed by atoms with E-state index in [1.165, 1.54) is 11.1 Å². The average molecular weight is 276 g/mol. The van der Waals surface area contributed by atoms with Crippen molar-refractivity contribution in [1.29, 1.82) is 0 Å². The number of carbonyl (C=O) groups excluding carboxylic acids is 1. The highest BCUT2D eigenvalue weighted by Crippen LogP contribution is 2.22. The molecule has 0 spiro atoms. The van der Waals surface area contributed by atoms with E-state index in [9.17, 15) is 9.59 Å². The smallest absolute Gasteiger partial charge is 0.318 e. The van der Waals surface area contributed by atoms with Crippen LogP contribution in [0.25, 0.3) is 0 Å². The minimum Gasteiger partial charge on any atom is -0.481 e. The molecule has 0 saturated carbocycles. The van der Waals surface area contributed by atoms with Gasteiger partial charge in [0.1, 0.15) is 0 Å². The van der Waals surface area contributed by atoms with Crippen molar-refractivity contribution >= 4 is 12.0 Å². The van der Waals surface area contributed by atoms with Crippen molar-refractivity contribution in [1.82, 2.24) is 10.2 Å². The first kappa shape index (κ1) is 14.4. The van der Waals surface area contributed by atoms with Crippen molar-refractivity contribution in [2.75, 3.05) is 0 Å². The number of hydrogen-bond donors (Lipinski definition) is 2. The summed E-state index contributed by atoms with van der Waals surface area (Å²) in [5.74, 6) is -0.793. The van der Waals surface area contributed by atoms with Crippen LogP contribution in [0.15, 0.2) is 24.3 Å². The third-order valence-corrected chi connectivity index (χ3v) is 3.53. The number of benzene rings is 1. The molecular weight excluding hydrogens is 256 g/mol. The minimum absolute atomic E-state index is 0.00874. The molecule has 1 aromatic rings. The standard InChI is InChI=1S/C15H20N2O3/c1-11(5-4-8-14(18)19)16-15(20)17-9-12-6-2-3-7-13(12)10-17/h2-3,6-7,11H,4-5,8-10H2,1H3,(H,16,20)(H,18,19). The maximum absolute atomic E-state index is 12.1. The lowest BCUT2D eigenvalue weighted by molar-refractivity contribution is -0.137. The second-order valence-electron chi connectivity index (χ2n) is 5.26. The summed E-state index contributed by atoms with van der Waals surface area (Å²) in [7, 11) is 0. The van der Waals surface area contributed by atoms with E-state index in [1.54, 1.807) is 4.90 Å². The van der Waals surface area contributed by atoms with Crippen LogP contribution >= 0.6 is 0 Å². The number of carbonyl (C=O) groups is 2. The van der Waals surface area contributed by atoms with Crippen molar-refractivity contribution in [3.63, 3.8) is 0 Å². The fourth-order valence-corrected chi connectivity index (χ4v) is 2.41. The summed E-state index contributed by atoms with van der Waals surface area (Å²) in [6.45, 7) is 3.19. The van der Waals surface area contributed by atoms with E-state index < -0.39 is 5.97 Å². The van der Waals surface area contributed by atoms with Gasteiger partial charge in [-0.1, -0.05) is 24.3 Å². The van der Waals surface area contributed by atoms with Gasteiger partial charge in [0, 0.05) is 25.6 Å². The molecule has 2 rings (SSSR count). The summed E-state index contributed by atoms with van der Waals surface area (Å²) in [5.41, 5.74) is 2.39. The molecule has 1 unspecified atom stereocenters. The van der Waals surface area contributed by atoms with E-state index in [-0.39, 0.29) is 18.5 Å². The molecule has 0 saturated heterocycles. The van der Waals surface area contributed by atoms with Crippen LogP contribution in [-0.2, 0) is 17.9 Å². The summed E-state index contributed by atoms with van der Waals surface area (Å²) in [6, 6.07) is 7.95. The van der Waals surface area contributed by atoms with Gasteiger partial charge in [-0.3, -0.25) is 4.79 Å². The van der Waals surface area contributed by atoms with Gasteiger partial charge in [0.2, 0.25) is 0 Å². The van der Waals surface area contributed by atoms with Gasteiger partial charge >= 0.3 is 12.0 Å². The van der Waals surface area contributed by atoms with Crippen molar-refractivity contribution in [3.8, 4) is 0 Å². The highest BCUT2D eigenvalue weighted by Gasteiger charge is 2.23. The van der Waals surface area contributed by atoms with Crippen LogP contribution in [0.5, 0.6) is 0 Å². The molecule has 2 amide bonds. The molecule has 5 nitrogen and oxygen atoms in total. The molecule has 0 fully saturated rings. The Kier molecular flexibility index (Phi) is 4.61. The number of aliphatic carboxylic acids is 1. The van der Waals surface area contributed by atoms with Gasteiger partial charge in [-0.25, -0.2) is 4.79 Å². The molecule has 0 bridgehead atoms. The van der Waals surface area contributed by atoms with E-state index in [0.717, 1.165) is 0 Å². The number of fused-ring (bicyclic) bond motifs is 1. The molecule has 0 aromatic heterocycles. The normalized spacial score (nSPS) is 14.8. The Balaban J connectivity index is 1.77. The van der Waals surface area contributed by atoms with Crippen molar-refractivity contribution < 1.29 is 14.7 Å². The number of urea groups is 1. The van der Waals surface area contributed by atoms with Crippen molar-refractivity contribution in [2.24, 2.45) is 0 Å². The van der Waals surface area contributed by atoms with Crippen molar-refractivity contribution in [3.05, 3.63) is 35.4 Å². The quantitative estimate of drug-likeness (QED) is 0.867. The van der Waals surface area contributed by atoms with Crippen LogP contribution in [0.2, 0.25) is 0 Å². The lowest BCUT2D eigenvalue weighted by Gasteiger charge is -2.20. The Labute approximate surface area is 118 Å². The van der Waals surface area contributed by atoms with E-state index in [1.807, 2.05) is 31.2 Å². The lowest BCUT2D eigenvalue weighted by atomic mass is 10.1. The van der Waals surface area contributed by atoms with Crippen LogP contribution in [0.1, 0.15) is 37.3 Å². The Bertz CT molecular complexity index is 477. The summed E-state index contributed by atoms with van der Waals surface area (Å²) in [5, 5.41) is 11.5. The third-order valence-electron chi connectivity index (χ3n) is 3.53. The zero-order valence-electron chi connectivity index (χ0n) is 11.6. The molecule has 108 valence electrons. The van der Waals surface area contributed by atoms with Gasteiger partial charge in [-0.15, -0.1) is 0 Å². The van der Waals surface area contributed by atoms with Gasteiger partial charge in [-0.2, -0.15) is 0 Å². The Hall–Kier alpha value is -2.04. The molecule has 1 heterocycles. The molecule has 20 heavy (non-hydrogen) atoms. The monoisotopic (exact) mass is 276 g/mol. The summed E-state index contributed by atoms with van der Waals surface area (Å²) >= 11 is 0. The number of nitrogens with zero attached hydrogens (tertiary/aromatic N) is 1. The molecule has 0 radical (unpaired) electrons. The van der Waals surface area contributed by atoms with E-state index >= 15 is 0 Å². The fraction of sp³-hybridized carbons (Fsp3) is 0.467. The SMILES string of the molecule is CC(CCCC(=O)O)NC(=O)N1Cc2ccccc2C1. The Morgan fingerprint density at radius 2 is 1.90 bits per heavy atom. The predicted octanol–water partition coefficient (Wildman–Crippen LogP) is 2.36. The summed E-state index contributed by atoms with van der Waals surface area (Å²) in [4.78, 5) is 24.3. The largest absolute Gasteiger partial charge is 0.481 e. The van der Waals surface area contributed by atoms with Crippen LogP contribution in [-0.4, -0.2) is 28.0 Å². The van der Waals surface area contributed by atoms with Crippen molar-refractivity contribution in [2.45, 2.75) is 45.3 Å². The van der Waals surface area contributed by atoms with E-state index in [0.29, 0.717) is 25.9 Å². The number of nitrogens with one attached hydrogen (secondary N) is 1. The van der Waals surface area contributed by atoms with Gasteiger partial charge in [0.05, 0.1) is 0 Å². The molecular formula is C15H20N2O3. The molecule has 1 atom stereocenters. The predicted molar refractivity (Wildman–Crippen MR) is 75.2 cm³/mol. The molecule has 1 aromatic carbocycles. The van der Waals surface area contributed by atoms with Gasteiger partial charge in [0.15, 0.2) is 0 Å². The van der Waals surface area contributed by atoms with Gasteiger partial charge in [-0.05, 0) is 30.9 Å². The zero-order valence-corrected chi connectivity index (χ0v) is 11.6. The Morgan fingerprint density at radius 1 is 1.30 bits per heavy atom. The molecule has 1 aliphatic rings. The summed E-state index contributed by atoms with van der Waals surface area (Å²) in [6.07, 6.45) is 1.41. The number of carboxylic acids is 1. The van der Waals surface area contributed by atoms with Crippen LogP contribution < -0.4 is 5.32 Å². The number of carboxylic acid groups (broad SMARTS) is 1. The van der Waals surface area contributed by atoms with Crippen LogP contribution in [0.3, 0.4) is 0 Å². The number of hydrogen-bond acceptors (Lipinski definition) is 2. The second-order valence-corrected chi connectivity index (χ2v) is 5.26. The van der Waals surface area contributed by atoms with E-state index in [4.69, 9.17) is 5.11 Å². The first-order valence-corrected chi connectivity index (χ1v) is 6.90. The maximum Gasteiger partial charge on any atom is 0.318 e. The fourth-order valence-electron chi connectivity index (χ4n) is 2.41. The maximum atomic E-state index is 12.1.